The minimum atomic E-state index is -0.475. The average molecular weight is 461 g/mol. The first kappa shape index (κ1) is 20.0. The lowest BCUT2D eigenvalue weighted by Gasteiger charge is -2.22. The Balaban J connectivity index is 1.52. The maximum Gasteiger partial charge on any atom is 0.309 e. The first-order chi connectivity index (χ1) is 15.1. The lowest BCUT2D eigenvalue weighted by atomic mass is 10.0. The summed E-state index contributed by atoms with van der Waals surface area (Å²) in [5.41, 5.74) is 3.19. The van der Waals surface area contributed by atoms with Gasteiger partial charge in [0.2, 0.25) is 6.39 Å². The van der Waals surface area contributed by atoms with Crippen LogP contribution in [0.3, 0.4) is 0 Å². The number of carbonyl (C=O) groups excluding carboxylic acids is 1. The van der Waals surface area contributed by atoms with Gasteiger partial charge in [0.1, 0.15) is 6.23 Å². The van der Waals surface area contributed by atoms with Crippen LogP contribution in [0.1, 0.15) is 41.9 Å². The van der Waals surface area contributed by atoms with E-state index in [0.29, 0.717) is 15.6 Å². The van der Waals surface area contributed by atoms with E-state index in [1.807, 2.05) is 16.9 Å². The molecule has 1 amide bonds. The predicted molar refractivity (Wildman–Crippen MR) is 114 cm³/mol. The molecule has 2 N–H and O–H groups in total. The zero-order valence-corrected chi connectivity index (χ0v) is 17.8. The summed E-state index contributed by atoms with van der Waals surface area (Å²) in [6.07, 6.45) is 7.85. The normalized spacial score (nSPS) is 16.6. The van der Waals surface area contributed by atoms with Crippen molar-refractivity contribution in [2.24, 2.45) is 0 Å². The molecular weight excluding hydrogens is 443 g/mol. The second-order valence-corrected chi connectivity index (χ2v) is 8.00. The van der Waals surface area contributed by atoms with Gasteiger partial charge in [-0.2, -0.15) is 5.10 Å². The Morgan fingerprint density at radius 2 is 2.23 bits per heavy atom. The summed E-state index contributed by atoms with van der Waals surface area (Å²) in [6, 6.07) is 3.65. The number of aromatic nitrogens is 5. The number of rotatable bonds is 5. The van der Waals surface area contributed by atoms with Gasteiger partial charge in [-0.05, 0) is 25.3 Å². The van der Waals surface area contributed by atoms with Crippen LogP contribution in [0, 0.1) is 0 Å². The van der Waals surface area contributed by atoms with Crippen molar-refractivity contribution in [3.05, 3.63) is 52.5 Å². The molecule has 0 spiro atoms. The fraction of sp³-hybridized carbons (Fsp3) is 0.300. The van der Waals surface area contributed by atoms with E-state index in [-0.39, 0.29) is 18.7 Å². The molecule has 1 aromatic carbocycles. The number of amides is 1. The van der Waals surface area contributed by atoms with Gasteiger partial charge in [-0.3, -0.25) is 4.79 Å². The van der Waals surface area contributed by atoms with Crippen molar-refractivity contribution in [1.82, 2.24) is 30.3 Å². The highest BCUT2D eigenvalue weighted by molar-refractivity contribution is 6.45. The Labute approximate surface area is 186 Å². The lowest BCUT2D eigenvalue weighted by molar-refractivity contribution is -0.0394. The molecule has 1 saturated heterocycles. The summed E-state index contributed by atoms with van der Waals surface area (Å²) < 4.78 is 12.6. The van der Waals surface area contributed by atoms with Crippen LogP contribution < -0.4 is 5.32 Å². The van der Waals surface area contributed by atoms with Crippen molar-refractivity contribution in [1.29, 1.82) is 0 Å². The third-order valence-electron chi connectivity index (χ3n) is 5.26. The summed E-state index contributed by atoms with van der Waals surface area (Å²) in [7, 11) is 0. The SMILES string of the molecule is O=C(NCc1[nH]c2c(Cl)c(Cl)ccc2c1-c1cnn(C2CCCCO2)c1)c1nnco1. The molecule has 31 heavy (non-hydrogen) atoms. The van der Waals surface area contributed by atoms with Gasteiger partial charge in [0.25, 0.3) is 0 Å². The minimum Gasteiger partial charge on any atom is -0.420 e. The Morgan fingerprint density at radius 1 is 1.32 bits per heavy atom. The van der Waals surface area contributed by atoms with Crippen LogP contribution in [0.25, 0.3) is 22.0 Å². The first-order valence-corrected chi connectivity index (χ1v) is 10.6. The summed E-state index contributed by atoms with van der Waals surface area (Å²) >= 11 is 12.7. The molecule has 4 heterocycles. The van der Waals surface area contributed by atoms with Crippen LogP contribution in [-0.4, -0.2) is 37.5 Å². The number of hydrogen-bond acceptors (Lipinski definition) is 6. The molecule has 1 atom stereocenters. The van der Waals surface area contributed by atoms with Crippen LogP contribution >= 0.6 is 23.2 Å². The summed E-state index contributed by atoms with van der Waals surface area (Å²) in [6.45, 7) is 0.915. The topological polar surface area (TPSA) is 111 Å². The van der Waals surface area contributed by atoms with E-state index < -0.39 is 5.91 Å². The van der Waals surface area contributed by atoms with Gasteiger partial charge >= 0.3 is 11.8 Å². The van der Waals surface area contributed by atoms with E-state index >= 15 is 0 Å². The Morgan fingerprint density at radius 3 is 3.00 bits per heavy atom. The van der Waals surface area contributed by atoms with Gasteiger partial charge in [0, 0.05) is 35.0 Å². The number of ether oxygens (including phenoxy) is 1. The smallest absolute Gasteiger partial charge is 0.309 e. The van der Waals surface area contributed by atoms with Crippen molar-refractivity contribution in [3.8, 4) is 11.1 Å². The van der Waals surface area contributed by atoms with Crippen LogP contribution in [0.4, 0.5) is 0 Å². The predicted octanol–water partition coefficient (Wildman–Crippen LogP) is 4.35. The number of aromatic amines is 1. The van der Waals surface area contributed by atoms with E-state index in [1.54, 1.807) is 12.3 Å². The Bertz CT molecular complexity index is 1230. The van der Waals surface area contributed by atoms with Crippen LogP contribution in [0.2, 0.25) is 10.0 Å². The van der Waals surface area contributed by atoms with Gasteiger partial charge in [-0.15, -0.1) is 10.2 Å². The van der Waals surface area contributed by atoms with Crippen molar-refractivity contribution in [2.45, 2.75) is 32.0 Å². The number of nitrogens with one attached hydrogen (secondary N) is 2. The van der Waals surface area contributed by atoms with Crippen molar-refractivity contribution < 1.29 is 13.9 Å². The molecule has 11 heteroatoms. The molecule has 0 bridgehead atoms. The van der Waals surface area contributed by atoms with E-state index in [1.165, 1.54) is 0 Å². The largest absolute Gasteiger partial charge is 0.420 e. The second-order valence-electron chi connectivity index (χ2n) is 7.22. The number of hydrogen-bond donors (Lipinski definition) is 2. The van der Waals surface area contributed by atoms with E-state index in [2.05, 4.69) is 25.6 Å². The maximum atomic E-state index is 12.3. The molecule has 9 nitrogen and oxygen atoms in total. The quantitative estimate of drug-likeness (QED) is 0.457. The number of benzene rings is 1. The molecule has 0 saturated carbocycles. The molecule has 160 valence electrons. The van der Waals surface area contributed by atoms with E-state index in [0.717, 1.165) is 54.5 Å². The molecule has 5 rings (SSSR count). The lowest BCUT2D eigenvalue weighted by Crippen LogP contribution is -2.23. The summed E-state index contributed by atoms with van der Waals surface area (Å²) in [4.78, 5) is 15.6. The number of H-pyrrole nitrogens is 1. The zero-order chi connectivity index (χ0) is 21.4. The summed E-state index contributed by atoms with van der Waals surface area (Å²) in [5, 5.41) is 16.2. The van der Waals surface area contributed by atoms with Crippen LogP contribution in [0.5, 0.6) is 0 Å². The average Bonchev–Trinajstić information content (AvgIpc) is 3.55. The Kier molecular flexibility index (Phi) is 5.39. The standard InChI is InChI=1S/C20H18Cl2N6O3/c21-13-5-4-12-16(11-7-25-28(9-11)15-3-1-2-6-30-15)14(26-18(12)17(13)22)8-23-19(29)20-27-24-10-31-20/h4-5,7,9-10,15,26H,1-3,6,8H2,(H,23,29). The highest BCUT2D eigenvalue weighted by Gasteiger charge is 2.22. The highest BCUT2D eigenvalue weighted by Crippen LogP contribution is 2.39. The Hall–Kier alpha value is -2.88. The molecule has 0 aliphatic carbocycles. The minimum absolute atomic E-state index is 0.0774. The molecule has 1 unspecified atom stereocenters. The van der Waals surface area contributed by atoms with Gasteiger partial charge in [0.15, 0.2) is 0 Å². The molecule has 1 fully saturated rings. The molecular formula is C20H18Cl2N6O3. The summed E-state index contributed by atoms with van der Waals surface area (Å²) in [5.74, 6) is -0.585. The van der Waals surface area contributed by atoms with Crippen molar-refractivity contribution in [3.63, 3.8) is 0 Å². The van der Waals surface area contributed by atoms with Gasteiger partial charge < -0.3 is 19.5 Å². The molecule has 1 aliphatic heterocycles. The molecule has 4 aromatic rings. The first-order valence-electron chi connectivity index (χ1n) is 9.81. The number of nitrogens with zero attached hydrogens (tertiary/aromatic N) is 4. The third-order valence-corrected chi connectivity index (χ3v) is 6.07. The monoisotopic (exact) mass is 460 g/mol. The van der Waals surface area contributed by atoms with Crippen molar-refractivity contribution in [2.75, 3.05) is 6.61 Å². The molecule has 0 radical (unpaired) electrons. The molecule has 3 aromatic heterocycles. The molecule has 1 aliphatic rings. The van der Waals surface area contributed by atoms with Gasteiger partial charge in [-0.1, -0.05) is 29.3 Å². The fourth-order valence-corrected chi connectivity index (χ4v) is 4.16. The van der Waals surface area contributed by atoms with Gasteiger partial charge in [-0.25, -0.2) is 4.68 Å². The number of carbonyl (C=O) groups is 1. The van der Waals surface area contributed by atoms with E-state index in [9.17, 15) is 4.79 Å². The highest BCUT2D eigenvalue weighted by atomic mass is 35.5. The van der Waals surface area contributed by atoms with E-state index in [4.69, 9.17) is 32.4 Å². The van der Waals surface area contributed by atoms with Crippen molar-refractivity contribution >= 4 is 40.0 Å². The number of fused-ring (bicyclic) bond motifs is 1. The van der Waals surface area contributed by atoms with Crippen LogP contribution in [-0.2, 0) is 11.3 Å². The maximum absolute atomic E-state index is 12.3. The fourth-order valence-electron chi connectivity index (χ4n) is 3.79. The zero-order valence-electron chi connectivity index (χ0n) is 16.3. The second kappa shape index (κ2) is 8.33. The van der Waals surface area contributed by atoms with Crippen LogP contribution in [0.15, 0.2) is 35.3 Å². The van der Waals surface area contributed by atoms with Gasteiger partial charge in [0.05, 0.1) is 28.3 Å². The third kappa shape index (κ3) is 3.80. The number of halogens is 2.